The van der Waals surface area contributed by atoms with Crippen LogP contribution in [-0.2, 0) is 27.7 Å². The van der Waals surface area contributed by atoms with Crippen molar-refractivity contribution < 1.29 is 27.8 Å². The normalized spacial score (nSPS) is 11.2. The number of methoxy groups -OCH3 is 1. The Morgan fingerprint density at radius 2 is 1.54 bits per heavy atom. The van der Waals surface area contributed by atoms with E-state index in [1.165, 1.54) is 43.5 Å². The molecular formula is C27H23N3O8S. The third kappa shape index (κ3) is 6.02. The van der Waals surface area contributed by atoms with Gasteiger partial charge in [-0.25, -0.2) is 12.7 Å². The fourth-order valence-electron chi connectivity index (χ4n) is 4.19. The Bertz CT molecular complexity index is 1690. The number of ether oxygens (including phenoxy) is 1. The van der Waals surface area contributed by atoms with Crippen LogP contribution in [0.15, 0.2) is 89.8 Å². The van der Waals surface area contributed by atoms with Gasteiger partial charge in [-0.15, -0.1) is 0 Å². The van der Waals surface area contributed by atoms with Crippen molar-refractivity contribution in [3.8, 4) is 5.75 Å². The lowest BCUT2D eigenvalue weighted by Crippen LogP contribution is -2.39. The van der Waals surface area contributed by atoms with Gasteiger partial charge in [-0.1, -0.05) is 42.5 Å². The van der Waals surface area contributed by atoms with E-state index in [1.807, 2.05) is 30.3 Å². The first kappa shape index (κ1) is 27.2. The highest BCUT2D eigenvalue weighted by Crippen LogP contribution is 2.27. The minimum absolute atomic E-state index is 0.138. The lowest BCUT2D eigenvalue weighted by molar-refractivity contribution is -0.385. The van der Waals surface area contributed by atoms with Gasteiger partial charge in [0.1, 0.15) is 5.75 Å². The van der Waals surface area contributed by atoms with Gasteiger partial charge in [0.15, 0.2) is 0 Å². The van der Waals surface area contributed by atoms with Crippen molar-refractivity contribution in [3.05, 3.63) is 116 Å². The molecular weight excluding hydrogens is 526 g/mol. The molecule has 0 aliphatic heterocycles. The number of nitrogens with zero attached hydrogens (tertiary/aromatic N) is 3. The van der Waals surface area contributed by atoms with Crippen molar-refractivity contribution in [1.82, 2.24) is 4.31 Å². The first-order valence-corrected chi connectivity index (χ1v) is 13.1. The number of nitro groups is 2. The third-order valence-corrected chi connectivity index (χ3v) is 7.95. The zero-order valence-corrected chi connectivity index (χ0v) is 21.5. The molecule has 0 spiro atoms. The first-order chi connectivity index (χ1) is 18.6. The maximum absolute atomic E-state index is 13.7. The molecule has 0 heterocycles. The lowest BCUT2D eigenvalue weighted by atomic mass is 10.0. The number of hydrogen-bond acceptors (Lipinski definition) is 8. The Kier molecular flexibility index (Phi) is 7.86. The largest absolute Gasteiger partial charge is 0.497 e. The van der Waals surface area contributed by atoms with Crippen LogP contribution in [0.4, 0.5) is 11.4 Å². The molecule has 0 aliphatic rings. The van der Waals surface area contributed by atoms with Crippen molar-refractivity contribution in [2.45, 2.75) is 17.7 Å². The number of nitro benzene ring substituents is 2. The zero-order chi connectivity index (χ0) is 28.2. The summed E-state index contributed by atoms with van der Waals surface area (Å²) in [5.74, 6) is -0.224. The Morgan fingerprint density at radius 1 is 0.872 bits per heavy atom. The molecule has 0 N–H and O–H groups in total. The average molecular weight is 550 g/mol. The van der Waals surface area contributed by atoms with Gasteiger partial charge < -0.3 is 4.74 Å². The second-order valence-electron chi connectivity index (χ2n) is 8.58. The molecule has 4 aromatic carbocycles. The van der Waals surface area contributed by atoms with Crippen LogP contribution in [0, 0.1) is 20.2 Å². The van der Waals surface area contributed by atoms with E-state index in [2.05, 4.69) is 0 Å². The van der Waals surface area contributed by atoms with Gasteiger partial charge in [0.05, 0.1) is 28.3 Å². The highest BCUT2D eigenvalue weighted by atomic mass is 32.2. The summed E-state index contributed by atoms with van der Waals surface area (Å²) in [4.78, 5) is 34.1. The predicted octanol–water partition coefficient (Wildman–Crippen LogP) is 4.67. The minimum Gasteiger partial charge on any atom is -0.497 e. The monoisotopic (exact) mass is 549 g/mol. The van der Waals surface area contributed by atoms with Crippen molar-refractivity contribution in [2.75, 3.05) is 13.7 Å². The van der Waals surface area contributed by atoms with Gasteiger partial charge in [-0.2, -0.15) is 0 Å². The van der Waals surface area contributed by atoms with Crippen LogP contribution in [0.25, 0.3) is 10.8 Å². The van der Waals surface area contributed by atoms with Crippen LogP contribution in [0.5, 0.6) is 5.75 Å². The molecule has 0 atom stereocenters. The number of rotatable bonds is 10. The average Bonchev–Trinajstić information content (AvgIpc) is 2.93. The molecule has 0 radical (unpaired) electrons. The first-order valence-electron chi connectivity index (χ1n) is 11.7. The van der Waals surface area contributed by atoms with E-state index < -0.39 is 42.8 Å². The molecule has 12 heteroatoms. The number of carbonyl (C=O) groups excluding carboxylic acids is 1. The number of amides is 1. The van der Waals surface area contributed by atoms with Crippen molar-refractivity contribution >= 4 is 38.1 Å². The van der Waals surface area contributed by atoms with Gasteiger partial charge in [0, 0.05) is 30.8 Å². The highest BCUT2D eigenvalue weighted by molar-refractivity contribution is 7.89. The SMILES string of the molecule is COc1ccc2cccc(CCN(C(=O)Cc3cccc([N+](=O)[O-])c3)S(=O)(=O)c3cccc([N+](=O)[O-])c3)c2c1. The summed E-state index contributed by atoms with van der Waals surface area (Å²) in [5.41, 5.74) is 0.332. The standard InChI is InChI=1S/C27H23N3O8S/c1-38-24-12-11-20-6-3-7-21(26(20)18-24)13-14-28(27(31)16-19-5-2-8-22(15-19)29(32)33)39(36,37)25-10-4-9-23(17-25)30(34)35/h2-12,15,17-18H,13-14,16H2,1H3. The molecule has 0 saturated heterocycles. The third-order valence-electron chi connectivity index (χ3n) is 6.14. The molecule has 0 aromatic heterocycles. The summed E-state index contributed by atoms with van der Waals surface area (Å²) in [6.45, 7) is -0.269. The van der Waals surface area contributed by atoms with Crippen LogP contribution in [0.1, 0.15) is 11.1 Å². The Hall–Kier alpha value is -4.84. The van der Waals surface area contributed by atoms with Crippen LogP contribution in [-0.4, -0.2) is 42.1 Å². The molecule has 200 valence electrons. The fraction of sp³-hybridized carbons (Fsp3) is 0.148. The fourth-order valence-corrected chi connectivity index (χ4v) is 5.63. The van der Waals surface area contributed by atoms with Gasteiger partial charge in [-0.3, -0.25) is 25.0 Å². The number of non-ortho nitro benzene ring substituents is 2. The molecule has 0 unspecified atom stereocenters. The van der Waals surface area contributed by atoms with E-state index in [1.54, 1.807) is 6.07 Å². The van der Waals surface area contributed by atoms with E-state index in [0.29, 0.717) is 10.1 Å². The zero-order valence-electron chi connectivity index (χ0n) is 20.7. The van der Waals surface area contributed by atoms with Gasteiger partial charge in [-0.05, 0) is 46.5 Å². The number of benzene rings is 4. The Morgan fingerprint density at radius 3 is 2.23 bits per heavy atom. The van der Waals surface area contributed by atoms with Crippen molar-refractivity contribution in [2.24, 2.45) is 0 Å². The number of hydrogen-bond donors (Lipinski definition) is 0. The molecule has 4 aromatic rings. The lowest BCUT2D eigenvalue weighted by Gasteiger charge is -2.23. The van der Waals surface area contributed by atoms with E-state index in [4.69, 9.17) is 4.74 Å². The predicted molar refractivity (Wildman–Crippen MR) is 143 cm³/mol. The molecule has 1 amide bonds. The molecule has 39 heavy (non-hydrogen) atoms. The van der Waals surface area contributed by atoms with E-state index in [0.717, 1.165) is 28.5 Å². The van der Waals surface area contributed by atoms with E-state index in [9.17, 15) is 33.4 Å². The Balaban J connectivity index is 1.72. The summed E-state index contributed by atoms with van der Waals surface area (Å²) in [6, 6.07) is 20.8. The van der Waals surface area contributed by atoms with Crippen molar-refractivity contribution in [1.29, 1.82) is 0 Å². The van der Waals surface area contributed by atoms with Gasteiger partial charge in [0.25, 0.3) is 21.4 Å². The smallest absolute Gasteiger partial charge is 0.270 e. The molecule has 0 fully saturated rings. The van der Waals surface area contributed by atoms with Gasteiger partial charge in [0.2, 0.25) is 5.91 Å². The quantitative estimate of drug-likeness (QED) is 0.205. The summed E-state index contributed by atoms with van der Waals surface area (Å²) in [5, 5.41) is 24.1. The van der Waals surface area contributed by atoms with Crippen LogP contribution >= 0.6 is 0 Å². The van der Waals surface area contributed by atoms with Gasteiger partial charge >= 0.3 is 0 Å². The second kappa shape index (κ2) is 11.3. The highest BCUT2D eigenvalue weighted by Gasteiger charge is 2.30. The maximum Gasteiger partial charge on any atom is 0.270 e. The second-order valence-corrected chi connectivity index (χ2v) is 10.4. The number of carbonyl (C=O) groups is 1. The van der Waals surface area contributed by atoms with Crippen LogP contribution in [0.3, 0.4) is 0 Å². The van der Waals surface area contributed by atoms with E-state index in [-0.39, 0.29) is 24.2 Å². The summed E-state index contributed by atoms with van der Waals surface area (Å²) in [6.07, 6.45) is -0.293. The number of fused-ring (bicyclic) bond motifs is 1. The summed E-state index contributed by atoms with van der Waals surface area (Å²) >= 11 is 0. The molecule has 0 aliphatic carbocycles. The maximum atomic E-state index is 13.7. The number of sulfonamides is 1. The Labute approximate surface area is 223 Å². The van der Waals surface area contributed by atoms with Crippen LogP contribution < -0.4 is 4.74 Å². The molecule has 11 nitrogen and oxygen atoms in total. The molecule has 4 rings (SSSR count). The van der Waals surface area contributed by atoms with E-state index >= 15 is 0 Å². The topological polar surface area (TPSA) is 150 Å². The minimum atomic E-state index is -4.52. The summed E-state index contributed by atoms with van der Waals surface area (Å²) in [7, 11) is -2.99. The van der Waals surface area contributed by atoms with Crippen molar-refractivity contribution in [3.63, 3.8) is 0 Å². The molecule has 0 saturated carbocycles. The van der Waals surface area contributed by atoms with Crippen LogP contribution in [0.2, 0.25) is 0 Å². The molecule has 0 bridgehead atoms. The summed E-state index contributed by atoms with van der Waals surface area (Å²) < 4.78 is 33.3.